The molecule has 0 saturated carbocycles. The number of benzene rings is 2. The number of non-ortho nitro benzene ring substituents is 1. The Balaban J connectivity index is 1.75. The molecule has 0 saturated heterocycles. The first-order chi connectivity index (χ1) is 10.6. The summed E-state index contributed by atoms with van der Waals surface area (Å²) >= 11 is 3.28. The minimum atomic E-state index is -0.446. The van der Waals surface area contributed by atoms with Gasteiger partial charge in [0, 0.05) is 22.2 Å². The van der Waals surface area contributed by atoms with E-state index in [0.717, 1.165) is 11.0 Å². The second kappa shape index (κ2) is 5.94. The molecule has 7 nitrogen and oxygen atoms in total. The van der Waals surface area contributed by atoms with Crippen molar-refractivity contribution >= 4 is 44.8 Å². The topological polar surface area (TPSA) is 96.2 Å². The summed E-state index contributed by atoms with van der Waals surface area (Å²) in [6.07, 6.45) is 1.56. The number of fused-ring (bicyclic) bond motifs is 1. The van der Waals surface area contributed by atoms with Gasteiger partial charge in [-0.05, 0) is 34.1 Å². The summed E-state index contributed by atoms with van der Waals surface area (Å²) in [6.45, 7) is 0. The first-order valence-corrected chi connectivity index (χ1v) is 7.10. The molecule has 0 atom stereocenters. The van der Waals surface area contributed by atoms with E-state index in [2.05, 4.69) is 36.4 Å². The van der Waals surface area contributed by atoms with Crippen LogP contribution in [-0.4, -0.2) is 21.1 Å². The number of hydrogen-bond acceptors (Lipinski definition) is 5. The van der Waals surface area contributed by atoms with E-state index in [0.29, 0.717) is 16.0 Å². The van der Waals surface area contributed by atoms with Crippen LogP contribution in [0.5, 0.6) is 0 Å². The van der Waals surface area contributed by atoms with E-state index in [1.807, 2.05) is 24.3 Å². The minimum absolute atomic E-state index is 0.0225. The fraction of sp³-hybridized carbons (Fsp3) is 0. The molecule has 22 heavy (non-hydrogen) atoms. The summed E-state index contributed by atoms with van der Waals surface area (Å²) in [5.74, 6) is 0.524. The summed E-state index contributed by atoms with van der Waals surface area (Å²) in [5, 5.41) is 14.7. The Labute approximate surface area is 133 Å². The lowest BCUT2D eigenvalue weighted by molar-refractivity contribution is -0.384. The van der Waals surface area contributed by atoms with Crippen molar-refractivity contribution in [2.24, 2.45) is 5.10 Å². The molecule has 1 heterocycles. The Morgan fingerprint density at radius 2 is 2.14 bits per heavy atom. The van der Waals surface area contributed by atoms with Crippen molar-refractivity contribution in [3.63, 3.8) is 0 Å². The highest BCUT2D eigenvalue weighted by Gasteiger charge is 2.07. The molecule has 0 fully saturated rings. The van der Waals surface area contributed by atoms with Gasteiger partial charge < -0.3 is 4.98 Å². The molecule has 0 aliphatic rings. The highest BCUT2D eigenvalue weighted by molar-refractivity contribution is 9.10. The van der Waals surface area contributed by atoms with Gasteiger partial charge in [0.15, 0.2) is 0 Å². The van der Waals surface area contributed by atoms with Crippen LogP contribution in [-0.2, 0) is 0 Å². The number of H-pyrrole nitrogens is 1. The molecule has 8 heteroatoms. The van der Waals surface area contributed by atoms with Gasteiger partial charge in [0.1, 0.15) is 0 Å². The third-order valence-electron chi connectivity index (χ3n) is 2.96. The zero-order valence-electron chi connectivity index (χ0n) is 11.2. The number of nitrogens with one attached hydrogen (secondary N) is 2. The number of nitro groups is 1. The van der Waals surface area contributed by atoms with Crippen LogP contribution in [0, 0.1) is 10.1 Å². The van der Waals surface area contributed by atoms with Crippen LogP contribution in [0.2, 0.25) is 0 Å². The predicted molar refractivity (Wildman–Crippen MR) is 88.1 cm³/mol. The lowest BCUT2D eigenvalue weighted by atomic mass is 10.2. The number of nitrogens with zero attached hydrogens (tertiary/aromatic N) is 3. The Bertz CT molecular complexity index is 842. The molecule has 2 aromatic carbocycles. The molecule has 110 valence electrons. The fourth-order valence-corrected chi connectivity index (χ4v) is 2.37. The van der Waals surface area contributed by atoms with Crippen molar-refractivity contribution in [3.8, 4) is 0 Å². The Hall–Kier alpha value is -2.74. The Kier molecular flexibility index (Phi) is 3.84. The predicted octanol–water partition coefficient (Wildman–Crippen LogP) is 3.68. The molecule has 0 amide bonds. The summed E-state index contributed by atoms with van der Waals surface area (Å²) in [4.78, 5) is 17.6. The Morgan fingerprint density at radius 3 is 2.86 bits per heavy atom. The third-order valence-corrected chi connectivity index (χ3v) is 3.65. The Morgan fingerprint density at radius 1 is 1.32 bits per heavy atom. The SMILES string of the molecule is O=[N+]([O-])c1ccc(/C=N\Nc2nc3ccccc3[nH]2)c(Br)c1. The van der Waals surface area contributed by atoms with Crippen molar-refractivity contribution in [3.05, 3.63) is 62.6 Å². The number of aromatic nitrogens is 2. The number of imidazole rings is 1. The fourth-order valence-electron chi connectivity index (χ4n) is 1.90. The quantitative estimate of drug-likeness (QED) is 0.421. The third kappa shape index (κ3) is 2.96. The van der Waals surface area contributed by atoms with Gasteiger partial charge in [0.05, 0.1) is 22.2 Å². The normalized spacial score (nSPS) is 11.1. The maximum atomic E-state index is 10.7. The van der Waals surface area contributed by atoms with Gasteiger partial charge >= 0.3 is 0 Å². The van der Waals surface area contributed by atoms with E-state index in [4.69, 9.17) is 0 Å². The standard InChI is InChI=1S/C14H10BrN5O2/c15-11-7-10(20(21)22)6-5-9(11)8-16-19-14-17-12-3-1-2-4-13(12)18-14/h1-8H,(H2,17,18,19)/b16-8-. The summed E-state index contributed by atoms with van der Waals surface area (Å²) in [6, 6.07) is 12.1. The molecule has 1 aromatic heterocycles. The lowest BCUT2D eigenvalue weighted by Crippen LogP contribution is -1.94. The zero-order valence-corrected chi connectivity index (χ0v) is 12.7. The van der Waals surface area contributed by atoms with Crippen LogP contribution in [0.15, 0.2) is 52.0 Å². The summed E-state index contributed by atoms with van der Waals surface area (Å²) in [5.41, 5.74) is 5.29. The van der Waals surface area contributed by atoms with Gasteiger partial charge in [-0.2, -0.15) is 5.10 Å². The number of aromatic amines is 1. The van der Waals surface area contributed by atoms with E-state index < -0.39 is 4.92 Å². The number of nitro benzene ring substituents is 1. The van der Waals surface area contributed by atoms with Crippen LogP contribution in [0.25, 0.3) is 11.0 Å². The average Bonchev–Trinajstić information content (AvgIpc) is 2.91. The van der Waals surface area contributed by atoms with Crippen molar-refractivity contribution in [2.45, 2.75) is 0 Å². The van der Waals surface area contributed by atoms with Crippen molar-refractivity contribution < 1.29 is 4.92 Å². The number of hydrogen-bond donors (Lipinski definition) is 2. The highest BCUT2D eigenvalue weighted by atomic mass is 79.9. The zero-order chi connectivity index (χ0) is 15.5. The van der Waals surface area contributed by atoms with Crippen LogP contribution in [0.1, 0.15) is 5.56 Å². The smallest absolute Gasteiger partial charge is 0.270 e. The molecular weight excluding hydrogens is 350 g/mol. The molecule has 3 aromatic rings. The van der Waals surface area contributed by atoms with Crippen LogP contribution < -0.4 is 5.43 Å². The van der Waals surface area contributed by atoms with Gasteiger partial charge in [0.2, 0.25) is 5.95 Å². The largest absolute Gasteiger partial charge is 0.323 e. The number of anilines is 1. The number of para-hydroxylation sites is 2. The average molecular weight is 360 g/mol. The van der Waals surface area contributed by atoms with E-state index in [9.17, 15) is 10.1 Å². The van der Waals surface area contributed by atoms with Crippen LogP contribution in [0.3, 0.4) is 0 Å². The summed E-state index contributed by atoms with van der Waals surface area (Å²) < 4.78 is 0.594. The second-order valence-corrected chi connectivity index (χ2v) is 5.29. The van der Waals surface area contributed by atoms with E-state index in [-0.39, 0.29) is 5.69 Å². The molecular formula is C14H10BrN5O2. The van der Waals surface area contributed by atoms with Crippen LogP contribution in [0.4, 0.5) is 11.6 Å². The maximum Gasteiger partial charge on any atom is 0.270 e. The molecule has 0 bridgehead atoms. The molecule has 0 aliphatic heterocycles. The highest BCUT2D eigenvalue weighted by Crippen LogP contribution is 2.21. The second-order valence-electron chi connectivity index (χ2n) is 4.44. The number of rotatable bonds is 4. The maximum absolute atomic E-state index is 10.7. The van der Waals surface area contributed by atoms with Gasteiger partial charge in [0.25, 0.3) is 5.69 Å². The summed E-state index contributed by atoms with van der Waals surface area (Å²) in [7, 11) is 0. The molecule has 0 unspecified atom stereocenters. The molecule has 0 radical (unpaired) electrons. The van der Waals surface area contributed by atoms with Gasteiger partial charge in [-0.15, -0.1) is 0 Å². The van der Waals surface area contributed by atoms with Gasteiger partial charge in [-0.1, -0.05) is 12.1 Å². The van der Waals surface area contributed by atoms with Crippen LogP contribution >= 0.6 is 15.9 Å². The van der Waals surface area contributed by atoms with E-state index >= 15 is 0 Å². The molecule has 2 N–H and O–H groups in total. The van der Waals surface area contributed by atoms with E-state index in [1.165, 1.54) is 12.1 Å². The molecule has 3 rings (SSSR count). The lowest BCUT2D eigenvalue weighted by Gasteiger charge is -1.98. The molecule has 0 aliphatic carbocycles. The van der Waals surface area contributed by atoms with Gasteiger partial charge in [-0.3, -0.25) is 10.1 Å². The van der Waals surface area contributed by atoms with Crippen molar-refractivity contribution in [1.82, 2.24) is 9.97 Å². The minimum Gasteiger partial charge on any atom is -0.323 e. The first-order valence-electron chi connectivity index (χ1n) is 6.31. The monoisotopic (exact) mass is 359 g/mol. The van der Waals surface area contributed by atoms with E-state index in [1.54, 1.807) is 12.3 Å². The van der Waals surface area contributed by atoms with Crippen molar-refractivity contribution in [2.75, 3.05) is 5.43 Å². The first kappa shape index (κ1) is 14.2. The number of halogens is 1. The molecule has 0 spiro atoms. The van der Waals surface area contributed by atoms with Crippen molar-refractivity contribution in [1.29, 1.82) is 0 Å². The van der Waals surface area contributed by atoms with Gasteiger partial charge in [-0.25, -0.2) is 10.4 Å². The number of hydrazone groups is 1.